The summed E-state index contributed by atoms with van der Waals surface area (Å²) in [5.41, 5.74) is 1.84. The summed E-state index contributed by atoms with van der Waals surface area (Å²) in [6, 6.07) is 0.865. The molecule has 4 unspecified atom stereocenters. The van der Waals surface area contributed by atoms with Crippen molar-refractivity contribution in [3.63, 3.8) is 0 Å². The Morgan fingerprint density at radius 2 is 1.27 bits per heavy atom. The van der Waals surface area contributed by atoms with Crippen molar-refractivity contribution in [1.82, 2.24) is 19.6 Å². The zero-order valence-electron chi connectivity index (χ0n) is 26.2. The second kappa shape index (κ2) is 11.7. The molecule has 2 saturated carbocycles. The van der Waals surface area contributed by atoms with Crippen LogP contribution in [-0.2, 0) is 4.74 Å². The molecule has 2 aliphatic carbocycles. The topological polar surface area (TPSA) is 22.2 Å². The third kappa shape index (κ3) is 7.12. The minimum absolute atomic E-state index is 0.286. The van der Waals surface area contributed by atoms with E-state index in [1.54, 1.807) is 0 Å². The summed E-state index contributed by atoms with van der Waals surface area (Å²) in [5.74, 6) is 3.75. The Balaban J connectivity index is 0.000000116. The maximum Gasteiger partial charge on any atom is 0.0938 e. The molecule has 7 aliphatic rings. The summed E-state index contributed by atoms with van der Waals surface area (Å²) in [7, 11) is 8.80. The lowest BCUT2D eigenvalue weighted by Gasteiger charge is -2.63. The first-order chi connectivity index (χ1) is 17.3. The van der Waals surface area contributed by atoms with E-state index in [1.807, 2.05) is 0 Å². The predicted molar refractivity (Wildman–Crippen MR) is 157 cm³/mol. The lowest BCUT2D eigenvalue weighted by Crippen LogP contribution is -2.66. The first kappa shape index (κ1) is 29.8. The lowest BCUT2D eigenvalue weighted by atomic mass is 9.54. The van der Waals surface area contributed by atoms with Crippen LogP contribution in [0.15, 0.2) is 0 Å². The van der Waals surface area contributed by atoms with Crippen molar-refractivity contribution in [2.24, 2.45) is 34.5 Å². The predicted octanol–water partition coefficient (Wildman–Crippen LogP) is 5.16. The number of nitrogens with zero attached hydrogens (tertiary/aromatic N) is 4. The van der Waals surface area contributed by atoms with Crippen molar-refractivity contribution < 1.29 is 4.74 Å². The molecule has 7 rings (SSSR count). The molecule has 37 heavy (non-hydrogen) atoms. The fraction of sp³-hybridized carbons (Fsp3) is 1.00. The Hall–Kier alpha value is -0.200. The molecule has 5 heteroatoms. The van der Waals surface area contributed by atoms with Crippen LogP contribution in [0.4, 0.5) is 0 Å². The van der Waals surface area contributed by atoms with Gasteiger partial charge in [-0.05, 0) is 115 Å². The Morgan fingerprint density at radius 1 is 0.622 bits per heavy atom. The molecule has 0 N–H and O–H groups in total. The highest BCUT2D eigenvalue weighted by atomic mass is 16.5. The van der Waals surface area contributed by atoms with Crippen molar-refractivity contribution in [3.05, 3.63) is 0 Å². The van der Waals surface area contributed by atoms with E-state index in [0.29, 0.717) is 0 Å². The second-order valence-corrected chi connectivity index (χ2v) is 15.6. The molecular weight excluding hydrogens is 456 g/mol. The normalized spacial score (nSPS) is 41.9. The third-order valence-corrected chi connectivity index (χ3v) is 10.9. The van der Waals surface area contributed by atoms with Gasteiger partial charge in [0, 0.05) is 45.3 Å². The summed E-state index contributed by atoms with van der Waals surface area (Å²) in [4.78, 5) is 9.60. The monoisotopic (exact) mass is 518 g/mol. The van der Waals surface area contributed by atoms with Gasteiger partial charge in [-0.15, -0.1) is 0 Å². The number of likely N-dealkylation sites (N-methyl/N-ethyl adjacent to an activating group) is 1. The van der Waals surface area contributed by atoms with Crippen LogP contribution < -0.4 is 0 Å². The highest BCUT2D eigenvalue weighted by molar-refractivity contribution is 5.07. The molecule has 4 atom stereocenters. The Labute approximate surface area is 230 Å². The van der Waals surface area contributed by atoms with Crippen molar-refractivity contribution in [3.8, 4) is 0 Å². The molecular formula is C32H62N4O. The SMILES string of the molecule is CC1CC2(C1)CN(C)C2C.CC1CCC2(C1)CN(C)C2.CC1CCN(C)C1.CC1COC2(C1)CN(C)C2. The van der Waals surface area contributed by atoms with Crippen LogP contribution in [-0.4, -0.2) is 112 Å². The van der Waals surface area contributed by atoms with Crippen LogP contribution in [0.1, 0.15) is 79.6 Å². The van der Waals surface area contributed by atoms with Crippen LogP contribution in [0.25, 0.3) is 0 Å². The summed E-state index contributed by atoms with van der Waals surface area (Å²) in [6.45, 7) is 21.7. The average Bonchev–Trinajstić information content (AvgIpc) is 3.46. The Bertz CT molecular complexity index is 644. The molecule has 216 valence electrons. The van der Waals surface area contributed by atoms with Crippen LogP contribution in [0.2, 0.25) is 0 Å². The highest BCUT2D eigenvalue weighted by Crippen LogP contribution is 2.55. The number of ether oxygens (including phenoxy) is 1. The van der Waals surface area contributed by atoms with Gasteiger partial charge in [0.05, 0.1) is 12.2 Å². The first-order valence-electron chi connectivity index (χ1n) is 15.7. The minimum atomic E-state index is 0.286. The molecule has 5 saturated heterocycles. The van der Waals surface area contributed by atoms with Gasteiger partial charge in [0.1, 0.15) is 0 Å². The van der Waals surface area contributed by atoms with Gasteiger partial charge in [-0.2, -0.15) is 0 Å². The van der Waals surface area contributed by atoms with Gasteiger partial charge >= 0.3 is 0 Å². The quantitative estimate of drug-likeness (QED) is 0.441. The van der Waals surface area contributed by atoms with Crippen LogP contribution in [0.5, 0.6) is 0 Å². The van der Waals surface area contributed by atoms with E-state index < -0.39 is 0 Å². The molecule has 3 spiro atoms. The number of hydrogen-bond donors (Lipinski definition) is 0. The molecule has 5 nitrogen and oxygen atoms in total. The van der Waals surface area contributed by atoms with Crippen LogP contribution in [0.3, 0.4) is 0 Å². The van der Waals surface area contributed by atoms with Crippen molar-refractivity contribution in [2.45, 2.75) is 91.2 Å². The molecule has 0 bridgehead atoms. The van der Waals surface area contributed by atoms with Gasteiger partial charge in [0.25, 0.3) is 0 Å². The van der Waals surface area contributed by atoms with Gasteiger partial charge in [0.15, 0.2) is 0 Å². The van der Waals surface area contributed by atoms with E-state index >= 15 is 0 Å². The molecule has 0 radical (unpaired) electrons. The highest BCUT2D eigenvalue weighted by Gasteiger charge is 2.54. The fourth-order valence-corrected chi connectivity index (χ4v) is 9.19. The molecule has 7 fully saturated rings. The van der Waals surface area contributed by atoms with E-state index in [0.717, 1.165) is 60.2 Å². The van der Waals surface area contributed by atoms with E-state index in [2.05, 4.69) is 82.4 Å². The Morgan fingerprint density at radius 3 is 1.59 bits per heavy atom. The zero-order valence-corrected chi connectivity index (χ0v) is 26.2. The van der Waals surface area contributed by atoms with Gasteiger partial charge in [0.2, 0.25) is 0 Å². The van der Waals surface area contributed by atoms with E-state index in [-0.39, 0.29) is 5.60 Å². The van der Waals surface area contributed by atoms with Gasteiger partial charge in [-0.3, -0.25) is 0 Å². The molecule has 0 aromatic rings. The maximum atomic E-state index is 5.72. The second-order valence-electron chi connectivity index (χ2n) is 15.6. The lowest BCUT2D eigenvalue weighted by molar-refractivity contribution is -0.128. The van der Waals surface area contributed by atoms with E-state index in [9.17, 15) is 0 Å². The standard InChI is InChI=1S/2C9H17N.C8H15NO.C6H13N/c1-7-4-9(5-7)6-10(3)8(9)2;1-8-3-4-9(5-8)6-10(2)7-9;1-7-3-8(10-4-7)5-9(2)6-8;1-6-3-4-7(2)5-6/h7-8H,4-6H2,1-3H3;8H,3-7H2,1-2H3;7H,3-6H2,1-2H3;6H,3-5H2,1-2H3. The smallest absolute Gasteiger partial charge is 0.0938 e. The molecule has 0 amide bonds. The Kier molecular flexibility index (Phi) is 9.44. The van der Waals surface area contributed by atoms with Crippen LogP contribution >= 0.6 is 0 Å². The molecule has 5 heterocycles. The zero-order chi connectivity index (χ0) is 27.0. The van der Waals surface area contributed by atoms with Crippen molar-refractivity contribution >= 4 is 0 Å². The van der Waals surface area contributed by atoms with Crippen LogP contribution in [0, 0.1) is 34.5 Å². The molecule has 5 aliphatic heterocycles. The minimum Gasteiger partial charge on any atom is -0.372 e. The van der Waals surface area contributed by atoms with Crippen molar-refractivity contribution in [1.29, 1.82) is 0 Å². The molecule has 0 aromatic heterocycles. The average molecular weight is 519 g/mol. The number of rotatable bonds is 0. The number of likely N-dealkylation sites (tertiary alicyclic amines) is 4. The third-order valence-electron chi connectivity index (χ3n) is 10.9. The van der Waals surface area contributed by atoms with Gasteiger partial charge in [-0.25, -0.2) is 0 Å². The van der Waals surface area contributed by atoms with Gasteiger partial charge in [-0.1, -0.05) is 34.1 Å². The van der Waals surface area contributed by atoms with Gasteiger partial charge < -0.3 is 24.3 Å². The number of hydrogen-bond acceptors (Lipinski definition) is 5. The largest absolute Gasteiger partial charge is 0.372 e. The summed E-state index contributed by atoms with van der Waals surface area (Å²) < 4.78 is 5.72. The maximum absolute atomic E-state index is 5.72. The van der Waals surface area contributed by atoms with E-state index in [1.165, 1.54) is 77.7 Å². The van der Waals surface area contributed by atoms with Crippen molar-refractivity contribution in [2.75, 3.05) is 80.6 Å². The van der Waals surface area contributed by atoms with E-state index in [4.69, 9.17) is 4.74 Å². The fourth-order valence-electron chi connectivity index (χ4n) is 9.19. The summed E-state index contributed by atoms with van der Waals surface area (Å²) in [6.07, 6.45) is 10.1. The summed E-state index contributed by atoms with van der Waals surface area (Å²) in [5, 5.41) is 0. The molecule has 0 aromatic carbocycles. The first-order valence-corrected chi connectivity index (χ1v) is 15.7. The summed E-state index contributed by atoms with van der Waals surface area (Å²) >= 11 is 0.